The van der Waals surface area contributed by atoms with Crippen molar-refractivity contribution in [3.63, 3.8) is 0 Å². The van der Waals surface area contributed by atoms with Crippen molar-refractivity contribution in [2.24, 2.45) is 5.73 Å². The molecule has 0 aliphatic heterocycles. The van der Waals surface area contributed by atoms with Gasteiger partial charge in [-0.2, -0.15) is 0 Å². The quantitative estimate of drug-likeness (QED) is 0.898. The first kappa shape index (κ1) is 16.3. The third-order valence-electron chi connectivity index (χ3n) is 3.62. The second kappa shape index (κ2) is 7.28. The molecular formula is C20H26N2. The first-order valence-corrected chi connectivity index (χ1v) is 7.70. The molecule has 0 saturated heterocycles. The summed E-state index contributed by atoms with van der Waals surface area (Å²) in [6.45, 7) is 5.07. The van der Waals surface area contributed by atoms with E-state index >= 15 is 0 Å². The molecule has 116 valence electrons. The van der Waals surface area contributed by atoms with E-state index in [4.69, 9.17) is 5.73 Å². The molecule has 0 bridgehead atoms. The van der Waals surface area contributed by atoms with Crippen LogP contribution in [0.1, 0.15) is 31.4 Å². The van der Waals surface area contributed by atoms with E-state index < -0.39 is 0 Å². The highest BCUT2D eigenvalue weighted by atomic mass is 15.0. The van der Waals surface area contributed by atoms with Gasteiger partial charge < -0.3 is 10.6 Å². The summed E-state index contributed by atoms with van der Waals surface area (Å²) in [5, 5.41) is 0. The van der Waals surface area contributed by atoms with Crippen molar-refractivity contribution >= 4 is 6.08 Å². The normalized spacial score (nSPS) is 17.7. The molecule has 1 aliphatic rings. The Morgan fingerprint density at radius 1 is 1.23 bits per heavy atom. The summed E-state index contributed by atoms with van der Waals surface area (Å²) < 4.78 is 0. The van der Waals surface area contributed by atoms with Crippen LogP contribution >= 0.6 is 0 Å². The molecule has 2 rings (SSSR count). The van der Waals surface area contributed by atoms with Crippen molar-refractivity contribution in [3.8, 4) is 0 Å². The Hall–Kier alpha value is -2.06. The Morgan fingerprint density at radius 3 is 2.68 bits per heavy atom. The zero-order chi connectivity index (χ0) is 16.1. The lowest BCUT2D eigenvalue weighted by molar-refractivity contribution is 0.402. The fourth-order valence-electron chi connectivity index (χ4n) is 2.63. The van der Waals surface area contributed by atoms with E-state index in [9.17, 15) is 0 Å². The van der Waals surface area contributed by atoms with Gasteiger partial charge in [0.2, 0.25) is 0 Å². The Bertz CT molecular complexity index is 654. The van der Waals surface area contributed by atoms with Crippen LogP contribution in [0.4, 0.5) is 0 Å². The van der Waals surface area contributed by atoms with Gasteiger partial charge in [-0.1, -0.05) is 48.1 Å². The van der Waals surface area contributed by atoms with Gasteiger partial charge in [0.25, 0.3) is 0 Å². The lowest BCUT2D eigenvalue weighted by Crippen LogP contribution is -2.10. The Kier molecular flexibility index (Phi) is 5.40. The molecule has 1 aliphatic carbocycles. The topological polar surface area (TPSA) is 29.3 Å². The standard InChI is InChI=1S/C20H26N2/c1-15-10-18(13-20(11-15)16(2)21)9-8-17-6-5-7-19(12-17)14-22(3)4/h5-9,11-13H,10,14,21H2,1-4H3/b9-8+,20-16-. The van der Waals surface area contributed by atoms with E-state index in [1.807, 2.05) is 6.92 Å². The molecule has 0 radical (unpaired) electrons. The fourth-order valence-corrected chi connectivity index (χ4v) is 2.63. The van der Waals surface area contributed by atoms with Crippen LogP contribution in [0.25, 0.3) is 6.08 Å². The van der Waals surface area contributed by atoms with Crippen molar-refractivity contribution < 1.29 is 0 Å². The third-order valence-corrected chi connectivity index (χ3v) is 3.62. The maximum atomic E-state index is 5.93. The van der Waals surface area contributed by atoms with Crippen LogP contribution < -0.4 is 5.73 Å². The monoisotopic (exact) mass is 294 g/mol. The number of rotatable bonds is 4. The predicted molar refractivity (Wildman–Crippen MR) is 96.2 cm³/mol. The van der Waals surface area contributed by atoms with Crippen molar-refractivity contribution in [1.82, 2.24) is 4.90 Å². The number of hydrogen-bond acceptors (Lipinski definition) is 2. The van der Waals surface area contributed by atoms with E-state index in [0.29, 0.717) is 0 Å². The molecule has 2 heteroatoms. The minimum Gasteiger partial charge on any atom is -0.402 e. The summed E-state index contributed by atoms with van der Waals surface area (Å²) in [7, 11) is 4.18. The molecule has 0 aromatic heterocycles. The fraction of sp³-hybridized carbons (Fsp3) is 0.300. The zero-order valence-electron chi connectivity index (χ0n) is 14.1. The first-order chi connectivity index (χ1) is 10.4. The summed E-state index contributed by atoms with van der Waals surface area (Å²) in [6, 6.07) is 8.68. The molecule has 2 N–H and O–H groups in total. The van der Waals surface area contributed by atoms with E-state index in [1.165, 1.54) is 22.3 Å². The number of nitrogens with zero attached hydrogens (tertiary/aromatic N) is 1. The third kappa shape index (κ3) is 4.74. The maximum absolute atomic E-state index is 5.93. The van der Waals surface area contributed by atoms with Gasteiger partial charge in [0.15, 0.2) is 0 Å². The largest absolute Gasteiger partial charge is 0.402 e. The van der Waals surface area contributed by atoms with Crippen LogP contribution in [-0.4, -0.2) is 19.0 Å². The maximum Gasteiger partial charge on any atom is 0.0227 e. The molecule has 1 aromatic carbocycles. The number of benzene rings is 1. The summed E-state index contributed by atoms with van der Waals surface area (Å²) in [5.41, 5.74) is 13.2. The highest BCUT2D eigenvalue weighted by Crippen LogP contribution is 2.24. The Morgan fingerprint density at radius 2 is 2.00 bits per heavy atom. The summed E-state index contributed by atoms with van der Waals surface area (Å²) in [6.07, 6.45) is 9.73. The molecule has 0 heterocycles. The molecule has 2 nitrogen and oxygen atoms in total. The van der Waals surface area contributed by atoms with Crippen molar-refractivity contribution in [1.29, 1.82) is 0 Å². The van der Waals surface area contributed by atoms with Gasteiger partial charge in [-0.3, -0.25) is 0 Å². The second-order valence-electron chi connectivity index (χ2n) is 6.34. The van der Waals surface area contributed by atoms with Crippen LogP contribution in [0.5, 0.6) is 0 Å². The summed E-state index contributed by atoms with van der Waals surface area (Å²) in [5.74, 6) is 0. The minimum atomic E-state index is 0.873. The lowest BCUT2D eigenvalue weighted by atomic mass is 9.94. The molecule has 0 atom stereocenters. The molecule has 0 unspecified atom stereocenters. The van der Waals surface area contributed by atoms with Gasteiger partial charge in [0.1, 0.15) is 0 Å². The molecular weight excluding hydrogens is 268 g/mol. The molecule has 0 spiro atoms. The number of nitrogens with two attached hydrogens (primary N) is 1. The molecule has 0 amide bonds. The van der Waals surface area contributed by atoms with Crippen LogP contribution in [0.2, 0.25) is 0 Å². The average molecular weight is 294 g/mol. The summed E-state index contributed by atoms with van der Waals surface area (Å²) >= 11 is 0. The van der Waals surface area contributed by atoms with Gasteiger partial charge in [-0.25, -0.2) is 0 Å². The van der Waals surface area contributed by atoms with Crippen molar-refractivity contribution in [2.45, 2.75) is 26.8 Å². The number of hydrogen-bond donors (Lipinski definition) is 1. The molecule has 22 heavy (non-hydrogen) atoms. The highest BCUT2D eigenvalue weighted by molar-refractivity contribution is 5.57. The van der Waals surface area contributed by atoms with Crippen molar-refractivity contribution in [3.05, 3.63) is 76.0 Å². The van der Waals surface area contributed by atoms with Gasteiger partial charge in [0.05, 0.1) is 0 Å². The second-order valence-corrected chi connectivity index (χ2v) is 6.34. The molecule has 0 saturated carbocycles. The van der Waals surface area contributed by atoms with E-state index in [1.54, 1.807) is 0 Å². The van der Waals surface area contributed by atoms with Crippen LogP contribution in [0.3, 0.4) is 0 Å². The Labute approximate surface area is 134 Å². The minimum absolute atomic E-state index is 0.873. The van der Waals surface area contributed by atoms with Crippen LogP contribution in [-0.2, 0) is 6.54 Å². The molecule has 0 fully saturated rings. The predicted octanol–water partition coefficient (Wildman–Crippen LogP) is 4.27. The SMILES string of the molecule is CC1=C/C(=C(\C)N)C=C(/C=C/c2cccc(CN(C)C)c2)C1. The van der Waals surface area contributed by atoms with E-state index in [2.05, 4.69) is 74.5 Å². The van der Waals surface area contributed by atoms with Crippen LogP contribution in [0, 0.1) is 0 Å². The number of allylic oxidation sites excluding steroid dienone is 7. The molecule has 1 aromatic rings. The summed E-state index contributed by atoms with van der Waals surface area (Å²) in [4.78, 5) is 2.18. The van der Waals surface area contributed by atoms with Gasteiger partial charge in [0, 0.05) is 12.2 Å². The van der Waals surface area contributed by atoms with Gasteiger partial charge in [-0.15, -0.1) is 0 Å². The smallest absolute Gasteiger partial charge is 0.0227 e. The van der Waals surface area contributed by atoms with Crippen molar-refractivity contribution in [2.75, 3.05) is 14.1 Å². The Balaban J connectivity index is 2.17. The van der Waals surface area contributed by atoms with Crippen LogP contribution in [0.15, 0.2) is 64.9 Å². The lowest BCUT2D eigenvalue weighted by Gasteiger charge is -2.13. The first-order valence-electron chi connectivity index (χ1n) is 7.70. The average Bonchev–Trinajstić information content (AvgIpc) is 2.44. The van der Waals surface area contributed by atoms with Gasteiger partial charge >= 0.3 is 0 Å². The van der Waals surface area contributed by atoms with E-state index in [-0.39, 0.29) is 0 Å². The van der Waals surface area contributed by atoms with E-state index in [0.717, 1.165) is 24.2 Å². The highest BCUT2D eigenvalue weighted by Gasteiger charge is 2.06. The van der Waals surface area contributed by atoms with Gasteiger partial charge in [-0.05, 0) is 62.7 Å². The zero-order valence-corrected chi connectivity index (χ0v) is 14.1.